The minimum atomic E-state index is 0.874. The molecule has 1 aliphatic rings. The minimum Gasteiger partial charge on any atom is -0.309 e. The van der Waals surface area contributed by atoms with Gasteiger partial charge in [-0.1, -0.05) is 84.9 Å². The Bertz CT molecular complexity index is 2290. The van der Waals surface area contributed by atoms with Crippen molar-refractivity contribution in [1.82, 2.24) is 14.5 Å². The van der Waals surface area contributed by atoms with Crippen molar-refractivity contribution < 1.29 is 0 Å². The van der Waals surface area contributed by atoms with Crippen LogP contribution in [0, 0.1) is 0 Å². The maximum atomic E-state index is 4.91. The molecule has 0 saturated heterocycles. The van der Waals surface area contributed by atoms with Crippen LogP contribution in [0.25, 0.3) is 83.2 Å². The van der Waals surface area contributed by atoms with Crippen molar-refractivity contribution in [2.75, 3.05) is 0 Å². The van der Waals surface area contributed by atoms with Gasteiger partial charge in [0.25, 0.3) is 0 Å². The molecule has 5 aromatic carbocycles. The van der Waals surface area contributed by atoms with Gasteiger partial charge in [0.05, 0.1) is 28.1 Å². The molecule has 3 heteroatoms. The topological polar surface area (TPSA) is 30.7 Å². The van der Waals surface area contributed by atoms with Gasteiger partial charge in [-0.2, -0.15) is 0 Å². The van der Waals surface area contributed by atoms with E-state index in [-0.39, 0.29) is 0 Å². The summed E-state index contributed by atoms with van der Waals surface area (Å²) in [6.07, 6.45) is 1.80. The van der Waals surface area contributed by atoms with Crippen molar-refractivity contribution in [3.8, 4) is 50.6 Å². The van der Waals surface area contributed by atoms with Crippen molar-refractivity contribution in [3.05, 3.63) is 140 Å². The van der Waals surface area contributed by atoms with E-state index in [4.69, 9.17) is 4.98 Å². The van der Waals surface area contributed by atoms with Gasteiger partial charge in [-0.05, 0) is 76.0 Å². The van der Waals surface area contributed by atoms with Gasteiger partial charge in [0, 0.05) is 33.8 Å². The zero-order valence-corrected chi connectivity index (χ0v) is 22.1. The fourth-order valence-corrected chi connectivity index (χ4v) is 6.65. The summed E-state index contributed by atoms with van der Waals surface area (Å²) in [7, 11) is 0. The molecule has 0 atom stereocenters. The van der Waals surface area contributed by atoms with Crippen LogP contribution in [-0.2, 0) is 0 Å². The van der Waals surface area contributed by atoms with Gasteiger partial charge >= 0.3 is 0 Å². The fraction of sp³-hybridized carbons (Fsp3) is 0. The number of fused-ring (bicyclic) bond motifs is 7. The molecule has 41 heavy (non-hydrogen) atoms. The normalized spacial score (nSPS) is 11.9. The van der Waals surface area contributed by atoms with E-state index >= 15 is 0 Å². The fourth-order valence-electron chi connectivity index (χ4n) is 6.65. The van der Waals surface area contributed by atoms with Crippen LogP contribution in [0.1, 0.15) is 0 Å². The third-order valence-corrected chi connectivity index (χ3v) is 8.40. The second kappa shape index (κ2) is 8.48. The molecule has 0 fully saturated rings. The molecule has 0 spiro atoms. The van der Waals surface area contributed by atoms with E-state index < -0.39 is 0 Å². The van der Waals surface area contributed by atoms with E-state index in [0.29, 0.717) is 0 Å². The Morgan fingerprint density at radius 3 is 2.07 bits per heavy atom. The summed E-state index contributed by atoms with van der Waals surface area (Å²) in [5, 5.41) is 5.25. The van der Waals surface area contributed by atoms with Gasteiger partial charge in [-0.3, -0.25) is 4.98 Å². The number of hydrogen-bond acceptors (Lipinski definition) is 2. The highest BCUT2D eigenvalue weighted by Crippen LogP contribution is 2.52. The first kappa shape index (κ1) is 22.3. The van der Waals surface area contributed by atoms with Gasteiger partial charge in [0.2, 0.25) is 0 Å². The first-order chi connectivity index (χ1) is 20.3. The summed E-state index contributed by atoms with van der Waals surface area (Å²) in [5.41, 5.74) is 12.7. The molecule has 9 rings (SSSR count). The molecule has 0 bridgehead atoms. The van der Waals surface area contributed by atoms with Crippen LogP contribution in [0.3, 0.4) is 0 Å². The Morgan fingerprint density at radius 2 is 1.22 bits per heavy atom. The first-order valence-electron chi connectivity index (χ1n) is 13.9. The summed E-state index contributed by atoms with van der Waals surface area (Å²) in [6, 6.07) is 47.5. The molecule has 8 aromatic rings. The Kier molecular flexibility index (Phi) is 4.61. The Hall–Kier alpha value is -5.54. The highest BCUT2D eigenvalue weighted by atomic mass is 15.0. The van der Waals surface area contributed by atoms with Gasteiger partial charge < -0.3 is 4.57 Å². The van der Waals surface area contributed by atoms with E-state index in [1.807, 2.05) is 30.3 Å². The zero-order valence-electron chi connectivity index (χ0n) is 22.1. The van der Waals surface area contributed by atoms with Crippen molar-refractivity contribution in [2.45, 2.75) is 0 Å². The molecule has 0 amide bonds. The van der Waals surface area contributed by atoms with Crippen molar-refractivity contribution in [2.24, 2.45) is 0 Å². The van der Waals surface area contributed by atoms with Crippen LogP contribution in [0.15, 0.2) is 140 Å². The second-order valence-corrected chi connectivity index (χ2v) is 10.6. The molecular formula is C38H23N3. The number of hydrogen-bond donors (Lipinski definition) is 0. The van der Waals surface area contributed by atoms with Crippen LogP contribution in [0.4, 0.5) is 0 Å². The van der Waals surface area contributed by atoms with E-state index in [9.17, 15) is 0 Å². The minimum absolute atomic E-state index is 0.874. The summed E-state index contributed by atoms with van der Waals surface area (Å²) in [4.78, 5) is 9.39. The third-order valence-electron chi connectivity index (χ3n) is 8.40. The van der Waals surface area contributed by atoms with Gasteiger partial charge in [-0.25, -0.2) is 4.98 Å². The van der Waals surface area contributed by atoms with Crippen molar-refractivity contribution in [1.29, 1.82) is 0 Å². The Morgan fingerprint density at radius 1 is 0.463 bits per heavy atom. The summed E-state index contributed by atoms with van der Waals surface area (Å²) in [6.45, 7) is 0. The lowest BCUT2D eigenvalue weighted by atomic mass is 9.98. The molecule has 3 heterocycles. The maximum Gasteiger partial charge on any atom is 0.0893 e. The smallest absolute Gasteiger partial charge is 0.0893 e. The van der Waals surface area contributed by atoms with E-state index in [2.05, 4.69) is 113 Å². The van der Waals surface area contributed by atoms with Crippen LogP contribution >= 0.6 is 0 Å². The average molecular weight is 522 g/mol. The van der Waals surface area contributed by atoms with E-state index in [1.54, 1.807) is 6.20 Å². The molecule has 1 aliphatic carbocycles. The molecule has 0 saturated carbocycles. The van der Waals surface area contributed by atoms with Crippen LogP contribution in [0.2, 0.25) is 0 Å². The summed E-state index contributed by atoms with van der Waals surface area (Å²) < 4.78 is 2.40. The summed E-state index contributed by atoms with van der Waals surface area (Å²) >= 11 is 0. The first-order valence-corrected chi connectivity index (χ1v) is 13.9. The number of rotatable bonds is 3. The van der Waals surface area contributed by atoms with E-state index in [1.165, 1.54) is 54.8 Å². The largest absolute Gasteiger partial charge is 0.309 e. The van der Waals surface area contributed by atoms with Gasteiger partial charge in [0.15, 0.2) is 0 Å². The predicted molar refractivity (Wildman–Crippen MR) is 169 cm³/mol. The standard InChI is InChI=1S/C38H23N3/c1-2-16-34-29(10-1)38-35(22-21-28-27-11-5-8-25-9-6-12-30(36(25)27)37(28)38)41(34)26-19-17-24(18-20-26)31-14-7-15-33(40-31)32-13-3-4-23-39-32/h1-23H. The maximum absolute atomic E-state index is 4.91. The predicted octanol–water partition coefficient (Wildman–Crippen LogP) is 9.71. The van der Waals surface area contributed by atoms with Crippen LogP contribution in [-0.4, -0.2) is 14.5 Å². The third kappa shape index (κ3) is 3.20. The lowest BCUT2D eigenvalue weighted by molar-refractivity contribution is 1.18. The molecule has 0 aliphatic heterocycles. The molecule has 0 unspecified atom stereocenters. The van der Waals surface area contributed by atoms with Crippen molar-refractivity contribution in [3.63, 3.8) is 0 Å². The van der Waals surface area contributed by atoms with Gasteiger partial charge in [-0.15, -0.1) is 0 Å². The molecule has 3 aromatic heterocycles. The summed E-state index contributed by atoms with van der Waals surface area (Å²) in [5.74, 6) is 0. The number of pyridine rings is 2. The number of benzene rings is 5. The second-order valence-electron chi connectivity index (χ2n) is 10.6. The zero-order chi connectivity index (χ0) is 26.9. The highest BCUT2D eigenvalue weighted by molar-refractivity contribution is 6.26. The number of para-hydroxylation sites is 1. The number of nitrogens with zero attached hydrogens (tertiary/aromatic N) is 3. The molecular weight excluding hydrogens is 498 g/mol. The lowest BCUT2D eigenvalue weighted by Crippen LogP contribution is -1.94. The van der Waals surface area contributed by atoms with Gasteiger partial charge in [0.1, 0.15) is 0 Å². The van der Waals surface area contributed by atoms with Crippen molar-refractivity contribution >= 4 is 32.6 Å². The molecule has 0 radical (unpaired) electrons. The van der Waals surface area contributed by atoms with E-state index in [0.717, 1.165) is 28.3 Å². The SMILES string of the molecule is c1ccc(-c2cccc(-c3ccc(-n4c5ccccc5c5c6c(ccc54)-c4cccc5cccc-6c45)cc3)n2)nc1. The average Bonchev–Trinajstić information content (AvgIpc) is 3.56. The molecule has 0 N–H and O–H groups in total. The molecule has 3 nitrogen and oxygen atoms in total. The number of aromatic nitrogens is 3. The monoisotopic (exact) mass is 521 g/mol. The highest BCUT2D eigenvalue weighted by Gasteiger charge is 2.26. The Balaban J connectivity index is 1.23. The lowest BCUT2D eigenvalue weighted by Gasteiger charge is -2.11. The van der Waals surface area contributed by atoms with Crippen LogP contribution < -0.4 is 0 Å². The van der Waals surface area contributed by atoms with Crippen LogP contribution in [0.5, 0.6) is 0 Å². The molecule has 190 valence electrons. The Labute approximate surface area is 237 Å². The quantitative estimate of drug-likeness (QED) is 0.232.